The summed E-state index contributed by atoms with van der Waals surface area (Å²) in [6.07, 6.45) is 0. The van der Waals surface area contributed by atoms with Crippen LogP contribution in [0, 0.1) is 6.92 Å². The Balaban J connectivity index is 2.12. The van der Waals surface area contributed by atoms with E-state index in [1.807, 2.05) is 0 Å². The Hall–Kier alpha value is -1.41. The normalized spacial score (nSPS) is 11.2. The number of amides is 1. The highest BCUT2D eigenvalue weighted by Gasteiger charge is 2.16. The number of rotatable bonds is 4. The van der Waals surface area contributed by atoms with Gasteiger partial charge in [0.15, 0.2) is 0 Å². The van der Waals surface area contributed by atoms with E-state index >= 15 is 0 Å². The summed E-state index contributed by atoms with van der Waals surface area (Å²) in [6, 6.07) is 10.7. The Morgan fingerprint density at radius 3 is 2.55 bits per heavy atom. The van der Waals surface area contributed by atoms with E-state index in [-0.39, 0.29) is 10.5 Å². The topological polar surface area (TPSA) is 75.3 Å². The van der Waals surface area contributed by atoms with E-state index in [1.165, 1.54) is 24.3 Å². The lowest BCUT2D eigenvalue weighted by molar-refractivity contribution is 0.0945. The number of carbonyl (C=O) groups is 1. The van der Waals surface area contributed by atoms with Gasteiger partial charge in [0.1, 0.15) is 0 Å². The van der Waals surface area contributed by atoms with Crippen LogP contribution in [0.2, 0.25) is 5.02 Å². The summed E-state index contributed by atoms with van der Waals surface area (Å²) in [5.41, 5.74) is 3.17. The molecule has 0 aliphatic heterocycles. The maximum absolute atomic E-state index is 12.1. The minimum atomic E-state index is -3.85. The lowest BCUT2D eigenvalue weighted by Gasteiger charge is -2.09. The van der Waals surface area contributed by atoms with Crippen LogP contribution in [0.25, 0.3) is 0 Å². The van der Waals surface area contributed by atoms with Gasteiger partial charge in [-0.15, -0.1) is 4.83 Å². The van der Waals surface area contributed by atoms with Crippen molar-refractivity contribution in [3.05, 3.63) is 63.1 Å². The van der Waals surface area contributed by atoms with Crippen molar-refractivity contribution in [2.75, 3.05) is 0 Å². The number of carbonyl (C=O) groups excluding carboxylic acids is 1. The summed E-state index contributed by atoms with van der Waals surface area (Å²) in [5.74, 6) is -0.597. The molecule has 2 aromatic rings. The molecule has 0 aliphatic rings. The van der Waals surface area contributed by atoms with E-state index in [2.05, 4.69) is 26.2 Å². The molecule has 0 heterocycles. The number of benzene rings is 2. The predicted octanol–water partition coefficient (Wildman–Crippen LogP) is 3.03. The van der Waals surface area contributed by atoms with Crippen molar-refractivity contribution in [1.82, 2.24) is 10.3 Å². The average Bonchev–Trinajstić information content (AvgIpc) is 2.47. The van der Waals surface area contributed by atoms with Crippen molar-refractivity contribution in [2.45, 2.75) is 11.8 Å². The molecular weight excluding hydrogens is 392 g/mol. The minimum Gasteiger partial charge on any atom is -0.273 e. The summed E-state index contributed by atoms with van der Waals surface area (Å²) >= 11 is 9.08. The molecule has 5 nitrogen and oxygen atoms in total. The molecule has 0 bridgehead atoms. The number of aryl methyl sites for hydroxylation is 1. The molecule has 0 fully saturated rings. The first kappa shape index (κ1) is 17.0. The van der Waals surface area contributed by atoms with Gasteiger partial charge in [0, 0.05) is 15.1 Å². The molecule has 0 unspecified atom stereocenters. The Bertz CT molecular complexity index is 825. The second kappa shape index (κ2) is 6.78. The van der Waals surface area contributed by atoms with Crippen molar-refractivity contribution in [1.29, 1.82) is 0 Å². The van der Waals surface area contributed by atoms with Crippen LogP contribution in [0.4, 0.5) is 0 Å². The fraction of sp³-hybridized carbons (Fsp3) is 0.0714. The van der Waals surface area contributed by atoms with E-state index in [0.717, 1.165) is 10.0 Å². The molecule has 0 saturated carbocycles. The highest BCUT2D eigenvalue weighted by Crippen LogP contribution is 2.19. The van der Waals surface area contributed by atoms with Crippen LogP contribution in [0.15, 0.2) is 51.8 Å². The van der Waals surface area contributed by atoms with Crippen LogP contribution in [0.5, 0.6) is 0 Å². The van der Waals surface area contributed by atoms with Crippen LogP contribution in [-0.2, 0) is 10.0 Å². The summed E-state index contributed by atoms with van der Waals surface area (Å²) in [6.45, 7) is 1.77. The molecular formula is C14H12BrClN2O3S. The van der Waals surface area contributed by atoms with Gasteiger partial charge in [-0.3, -0.25) is 10.2 Å². The molecule has 0 saturated heterocycles. The quantitative estimate of drug-likeness (QED) is 0.771. The number of hydrazine groups is 1. The molecule has 0 aliphatic carbocycles. The number of nitrogens with one attached hydrogen (secondary N) is 2. The molecule has 0 atom stereocenters. The zero-order valence-corrected chi connectivity index (χ0v) is 14.6. The van der Waals surface area contributed by atoms with Gasteiger partial charge in [0.25, 0.3) is 15.9 Å². The Morgan fingerprint density at radius 1 is 1.18 bits per heavy atom. The maximum atomic E-state index is 12.1. The third-order valence-electron chi connectivity index (χ3n) is 2.83. The van der Waals surface area contributed by atoms with Gasteiger partial charge in [-0.2, -0.15) is 0 Å². The number of halogens is 2. The summed E-state index contributed by atoms with van der Waals surface area (Å²) in [5, 5.41) is 0.388. The van der Waals surface area contributed by atoms with Crippen LogP contribution >= 0.6 is 27.5 Å². The molecule has 116 valence electrons. The zero-order chi connectivity index (χ0) is 16.3. The van der Waals surface area contributed by atoms with Crippen molar-refractivity contribution in [3.63, 3.8) is 0 Å². The van der Waals surface area contributed by atoms with Crippen molar-refractivity contribution < 1.29 is 13.2 Å². The zero-order valence-electron chi connectivity index (χ0n) is 11.4. The van der Waals surface area contributed by atoms with Gasteiger partial charge in [-0.1, -0.05) is 33.6 Å². The van der Waals surface area contributed by atoms with Gasteiger partial charge in [0.2, 0.25) is 0 Å². The van der Waals surface area contributed by atoms with Gasteiger partial charge < -0.3 is 0 Å². The first-order valence-electron chi connectivity index (χ1n) is 6.13. The van der Waals surface area contributed by atoms with E-state index < -0.39 is 15.9 Å². The fourth-order valence-corrected chi connectivity index (χ4v) is 3.02. The Kier molecular flexibility index (Phi) is 5.23. The molecule has 0 spiro atoms. The van der Waals surface area contributed by atoms with E-state index in [1.54, 1.807) is 25.1 Å². The predicted molar refractivity (Wildman–Crippen MR) is 88.1 cm³/mol. The molecule has 2 N–H and O–H groups in total. The van der Waals surface area contributed by atoms with Gasteiger partial charge in [0.05, 0.1) is 4.90 Å². The number of sulfonamides is 1. The molecule has 2 rings (SSSR count). The summed E-state index contributed by atoms with van der Waals surface area (Å²) < 4.78 is 25.1. The molecule has 0 aromatic heterocycles. The van der Waals surface area contributed by atoms with Crippen LogP contribution in [-0.4, -0.2) is 14.3 Å². The largest absolute Gasteiger partial charge is 0.273 e. The minimum absolute atomic E-state index is 0.0552. The fourth-order valence-electron chi connectivity index (χ4n) is 1.66. The highest BCUT2D eigenvalue weighted by atomic mass is 79.9. The lowest BCUT2D eigenvalue weighted by atomic mass is 10.2. The SMILES string of the molecule is Cc1cc(S(=O)(=O)NNC(=O)c2cccc(Cl)c2)ccc1Br. The van der Waals surface area contributed by atoms with Gasteiger partial charge >= 0.3 is 0 Å². The van der Waals surface area contributed by atoms with Crippen LogP contribution < -0.4 is 10.3 Å². The summed E-state index contributed by atoms with van der Waals surface area (Å²) in [4.78, 5) is 14.0. The molecule has 2 aromatic carbocycles. The monoisotopic (exact) mass is 402 g/mol. The second-order valence-electron chi connectivity index (χ2n) is 4.48. The third kappa shape index (κ3) is 4.07. The number of hydrogen-bond donors (Lipinski definition) is 2. The molecule has 0 radical (unpaired) electrons. The van der Waals surface area contributed by atoms with Crippen molar-refractivity contribution in [2.24, 2.45) is 0 Å². The third-order valence-corrected chi connectivity index (χ3v) is 5.20. The standard InChI is InChI=1S/C14H12BrClN2O3S/c1-9-7-12(5-6-13(9)15)22(20,21)18-17-14(19)10-3-2-4-11(16)8-10/h2-8,18H,1H3,(H,17,19). The Morgan fingerprint density at radius 2 is 1.91 bits per heavy atom. The maximum Gasteiger partial charge on any atom is 0.266 e. The average molecular weight is 404 g/mol. The Labute approximate surface area is 141 Å². The smallest absolute Gasteiger partial charge is 0.266 e. The summed E-state index contributed by atoms with van der Waals surface area (Å²) in [7, 11) is -3.85. The molecule has 22 heavy (non-hydrogen) atoms. The van der Waals surface area contributed by atoms with E-state index in [4.69, 9.17) is 11.6 Å². The van der Waals surface area contributed by atoms with Gasteiger partial charge in [-0.25, -0.2) is 8.42 Å². The van der Waals surface area contributed by atoms with Crippen molar-refractivity contribution in [3.8, 4) is 0 Å². The van der Waals surface area contributed by atoms with Crippen LogP contribution in [0.3, 0.4) is 0 Å². The highest BCUT2D eigenvalue weighted by molar-refractivity contribution is 9.10. The van der Waals surface area contributed by atoms with Gasteiger partial charge in [-0.05, 0) is 48.9 Å². The second-order valence-corrected chi connectivity index (χ2v) is 7.45. The lowest BCUT2D eigenvalue weighted by Crippen LogP contribution is -2.41. The first-order valence-corrected chi connectivity index (χ1v) is 8.79. The van der Waals surface area contributed by atoms with E-state index in [9.17, 15) is 13.2 Å². The van der Waals surface area contributed by atoms with E-state index in [0.29, 0.717) is 5.02 Å². The molecule has 1 amide bonds. The van der Waals surface area contributed by atoms with Crippen molar-refractivity contribution >= 4 is 43.5 Å². The first-order chi connectivity index (χ1) is 10.3. The number of hydrogen-bond acceptors (Lipinski definition) is 3. The van der Waals surface area contributed by atoms with Crippen LogP contribution in [0.1, 0.15) is 15.9 Å². The molecule has 8 heteroatoms.